The van der Waals surface area contributed by atoms with E-state index in [0.29, 0.717) is 16.8 Å². The van der Waals surface area contributed by atoms with Crippen molar-refractivity contribution in [2.75, 3.05) is 29.1 Å². The fraction of sp³-hybridized carbons (Fsp3) is 0.550. The third kappa shape index (κ3) is 4.58. The molecule has 0 unspecified atom stereocenters. The maximum atomic E-state index is 13.2. The zero-order valence-corrected chi connectivity index (χ0v) is 17.5. The van der Waals surface area contributed by atoms with Crippen LogP contribution in [0.3, 0.4) is 0 Å². The third-order valence-electron chi connectivity index (χ3n) is 5.38. The number of hydrogen-bond donors (Lipinski definition) is 1. The number of thioether (sulfide) groups is 1. The van der Waals surface area contributed by atoms with Crippen molar-refractivity contribution in [1.29, 1.82) is 0 Å². The van der Waals surface area contributed by atoms with Crippen molar-refractivity contribution in [2.45, 2.75) is 56.4 Å². The molecule has 1 saturated heterocycles. The highest BCUT2D eigenvalue weighted by Gasteiger charge is 2.32. The summed E-state index contributed by atoms with van der Waals surface area (Å²) in [5, 5.41) is 11.8. The Bertz CT molecular complexity index is 920. The number of alkyl halides is 3. The molecule has 2 fully saturated rings. The van der Waals surface area contributed by atoms with E-state index in [-0.39, 0.29) is 17.3 Å². The third-order valence-corrected chi connectivity index (χ3v) is 6.35. The van der Waals surface area contributed by atoms with Crippen LogP contribution in [0.4, 0.5) is 24.5 Å². The van der Waals surface area contributed by atoms with Gasteiger partial charge in [0.15, 0.2) is 5.16 Å². The first-order chi connectivity index (χ1) is 14.4. The number of nitrogens with one attached hydrogen (secondary N) is 1. The molecule has 1 aromatic carbocycles. The van der Waals surface area contributed by atoms with Crippen LogP contribution in [0.15, 0.2) is 23.4 Å². The molecule has 0 radical (unpaired) electrons. The van der Waals surface area contributed by atoms with Crippen molar-refractivity contribution in [3.05, 3.63) is 29.6 Å². The number of anilines is 2. The van der Waals surface area contributed by atoms with Crippen LogP contribution in [0.5, 0.6) is 0 Å². The molecule has 1 saturated carbocycles. The van der Waals surface area contributed by atoms with E-state index in [4.69, 9.17) is 0 Å². The number of amides is 1. The molecule has 162 valence electrons. The second kappa shape index (κ2) is 8.49. The molecule has 0 bridgehead atoms. The number of hydrogen-bond acceptors (Lipinski definition) is 5. The van der Waals surface area contributed by atoms with Gasteiger partial charge in [0, 0.05) is 25.6 Å². The minimum absolute atomic E-state index is 0.0541. The number of benzene rings is 1. The van der Waals surface area contributed by atoms with E-state index in [0.717, 1.165) is 63.3 Å². The van der Waals surface area contributed by atoms with Crippen LogP contribution in [-0.4, -0.2) is 39.5 Å². The summed E-state index contributed by atoms with van der Waals surface area (Å²) in [6.45, 7) is 4.26. The summed E-state index contributed by atoms with van der Waals surface area (Å²) in [4.78, 5) is 14.6. The molecule has 1 aliphatic heterocycles. The molecule has 2 aromatic rings. The van der Waals surface area contributed by atoms with E-state index in [2.05, 4.69) is 15.5 Å². The Morgan fingerprint density at radius 2 is 1.97 bits per heavy atom. The largest absolute Gasteiger partial charge is 0.416 e. The van der Waals surface area contributed by atoms with Gasteiger partial charge >= 0.3 is 6.18 Å². The average Bonchev–Trinajstić information content (AvgIpc) is 3.24. The van der Waals surface area contributed by atoms with Crippen LogP contribution in [0.1, 0.15) is 49.9 Å². The molecule has 2 aliphatic rings. The van der Waals surface area contributed by atoms with Crippen LogP contribution in [-0.2, 0) is 17.5 Å². The normalized spacial score (nSPS) is 16.9. The lowest BCUT2D eigenvalue weighted by Crippen LogP contribution is -2.22. The molecule has 0 atom stereocenters. The van der Waals surface area contributed by atoms with Crippen LogP contribution in [0.25, 0.3) is 0 Å². The number of aromatic nitrogens is 3. The van der Waals surface area contributed by atoms with E-state index in [1.165, 1.54) is 17.8 Å². The number of nitrogens with zero attached hydrogens (tertiary/aromatic N) is 4. The molecule has 2 heterocycles. The molecule has 10 heteroatoms. The Kier molecular flexibility index (Phi) is 5.95. The van der Waals surface area contributed by atoms with Gasteiger partial charge in [-0.2, -0.15) is 13.2 Å². The first kappa shape index (κ1) is 21.0. The Morgan fingerprint density at radius 1 is 1.23 bits per heavy atom. The van der Waals surface area contributed by atoms with Crippen molar-refractivity contribution in [2.24, 2.45) is 0 Å². The van der Waals surface area contributed by atoms with Crippen molar-refractivity contribution >= 4 is 29.0 Å². The zero-order valence-electron chi connectivity index (χ0n) is 16.7. The van der Waals surface area contributed by atoms with E-state index in [9.17, 15) is 18.0 Å². The molecule has 1 N–H and O–H groups in total. The van der Waals surface area contributed by atoms with Gasteiger partial charge in [0.25, 0.3) is 0 Å². The quantitative estimate of drug-likeness (QED) is 0.643. The van der Waals surface area contributed by atoms with E-state index >= 15 is 0 Å². The number of halogens is 3. The van der Waals surface area contributed by atoms with Crippen molar-refractivity contribution in [1.82, 2.24) is 14.8 Å². The van der Waals surface area contributed by atoms with Crippen LogP contribution < -0.4 is 10.2 Å². The fourth-order valence-corrected chi connectivity index (χ4v) is 4.52. The molecule has 6 nitrogen and oxygen atoms in total. The smallest absolute Gasteiger partial charge is 0.370 e. The maximum Gasteiger partial charge on any atom is 0.416 e. The van der Waals surface area contributed by atoms with Gasteiger partial charge in [-0.15, -0.1) is 10.2 Å². The standard InChI is InChI=1S/C20H24F3N5OS/c1-2-28-18(13-5-6-13)25-26-19(28)30-12-17(29)24-15-11-14(20(21,22)23)7-8-16(15)27-9-3-4-10-27/h7-8,11,13H,2-6,9-10,12H2,1H3,(H,24,29). The molecule has 1 aromatic heterocycles. The summed E-state index contributed by atoms with van der Waals surface area (Å²) in [5.41, 5.74) is 0.0627. The second-order valence-corrected chi connectivity index (χ2v) is 8.56. The van der Waals surface area contributed by atoms with E-state index in [1.54, 1.807) is 0 Å². The number of carbonyl (C=O) groups excluding carboxylic acids is 1. The summed E-state index contributed by atoms with van der Waals surface area (Å²) in [5.74, 6) is 1.10. The Morgan fingerprint density at radius 3 is 2.60 bits per heavy atom. The molecule has 30 heavy (non-hydrogen) atoms. The summed E-state index contributed by atoms with van der Waals surface area (Å²) in [6.07, 6.45) is -0.273. The molecular weight excluding hydrogens is 415 g/mol. The molecule has 1 aliphatic carbocycles. The maximum absolute atomic E-state index is 13.2. The second-order valence-electron chi connectivity index (χ2n) is 7.62. The first-order valence-electron chi connectivity index (χ1n) is 10.2. The first-order valence-corrected chi connectivity index (χ1v) is 11.2. The van der Waals surface area contributed by atoms with Crippen LogP contribution in [0, 0.1) is 0 Å². The van der Waals surface area contributed by atoms with Gasteiger partial charge in [0.05, 0.1) is 22.7 Å². The predicted octanol–water partition coefficient (Wildman–Crippen LogP) is 4.53. The van der Waals surface area contributed by atoms with Gasteiger partial charge in [-0.3, -0.25) is 4.79 Å². The number of rotatable bonds is 7. The van der Waals surface area contributed by atoms with Gasteiger partial charge in [0.2, 0.25) is 5.91 Å². The van der Waals surface area contributed by atoms with Crippen molar-refractivity contribution < 1.29 is 18.0 Å². The lowest BCUT2D eigenvalue weighted by molar-refractivity contribution is -0.137. The van der Waals surface area contributed by atoms with Crippen molar-refractivity contribution in [3.8, 4) is 0 Å². The fourth-order valence-electron chi connectivity index (χ4n) is 3.71. The predicted molar refractivity (Wildman–Crippen MR) is 110 cm³/mol. The summed E-state index contributed by atoms with van der Waals surface area (Å²) in [7, 11) is 0. The lowest BCUT2D eigenvalue weighted by atomic mass is 10.1. The zero-order chi connectivity index (χ0) is 21.3. The van der Waals surface area contributed by atoms with E-state index in [1.807, 2.05) is 16.4 Å². The molecule has 1 amide bonds. The highest BCUT2D eigenvalue weighted by Crippen LogP contribution is 2.40. The Hall–Kier alpha value is -2.23. The van der Waals surface area contributed by atoms with Gasteiger partial charge in [0.1, 0.15) is 5.82 Å². The van der Waals surface area contributed by atoms with Gasteiger partial charge < -0.3 is 14.8 Å². The molecular formula is C20H24F3N5OS. The monoisotopic (exact) mass is 439 g/mol. The van der Waals surface area contributed by atoms with Gasteiger partial charge in [-0.25, -0.2) is 0 Å². The molecule has 4 rings (SSSR count). The van der Waals surface area contributed by atoms with Crippen LogP contribution >= 0.6 is 11.8 Å². The Balaban J connectivity index is 1.48. The minimum Gasteiger partial charge on any atom is -0.370 e. The summed E-state index contributed by atoms with van der Waals surface area (Å²) < 4.78 is 41.6. The number of carbonyl (C=O) groups is 1. The Labute approximate surface area is 177 Å². The van der Waals surface area contributed by atoms with Gasteiger partial charge in [-0.1, -0.05) is 11.8 Å². The highest BCUT2D eigenvalue weighted by molar-refractivity contribution is 7.99. The minimum atomic E-state index is -4.46. The average molecular weight is 440 g/mol. The summed E-state index contributed by atoms with van der Waals surface area (Å²) in [6, 6.07) is 3.55. The SMILES string of the molecule is CCn1c(SCC(=O)Nc2cc(C(F)(F)F)ccc2N2CCCC2)nnc1C1CC1. The van der Waals surface area contributed by atoms with Crippen molar-refractivity contribution in [3.63, 3.8) is 0 Å². The summed E-state index contributed by atoms with van der Waals surface area (Å²) >= 11 is 1.25. The van der Waals surface area contributed by atoms with Crippen LogP contribution in [0.2, 0.25) is 0 Å². The van der Waals surface area contributed by atoms with E-state index < -0.39 is 11.7 Å². The lowest BCUT2D eigenvalue weighted by Gasteiger charge is -2.23. The van der Waals surface area contributed by atoms with Gasteiger partial charge in [-0.05, 0) is 50.8 Å². The molecule has 0 spiro atoms. The highest BCUT2D eigenvalue weighted by atomic mass is 32.2. The topological polar surface area (TPSA) is 63.1 Å².